The van der Waals surface area contributed by atoms with Crippen LogP contribution in [-0.2, 0) is 0 Å². The molecule has 0 saturated heterocycles. The van der Waals surface area contributed by atoms with Gasteiger partial charge in [0.1, 0.15) is 0 Å². The largest absolute Gasteiger partial charge is 0.298 e. The highest BCUT2D eigenvalue weighted by molar-refractivity contribution is 6.31. The van der Waals surface area contributed by atoms with Crippen molar-refractivity contribution in [1.82, 2.24) is 4.57 Å². The molecule has 0 amide bonds. The topological polar surface area (TPSA) is 39.1 Å². The van der Waals surface area contributed by atoms with Crippen molar-refractivity contribution >= 4 is 34.7 Å². The standard InChI is InChI=1S/C16H10ClNO2/c17-13-5-3-4-11(8-13)16(20)18-9-12(10-19)14-6-1-2-7-15(14)18/h1-10H. The van der Waals surface area contributed by atoms with Crippen molar-refractivity contribution in [2.45, 2.75) is 0 Å². The zero-order chi connectivity index (χ0) is 14.1. The van der Waals surface area contributed by atoms with E-state index in [2.05, 4.69) is 0 Å². The first-order valence-electron chi connectivity index (χ1n) is 6.06. The number of aromatic nitrogens is 1. The van der Waals surface area contributed by atoms with Gasteiger partial charge in [0.25, 0.3) is 5.91 Å². The molecule has 0 fully saturated rings. The number of benzene rings is 2. The van der Waals surface area contributed by atoms with Gasteiger partial charge in [0.15, 0.2) is 6.29 Å². The Morgan fingerprint density at radius 3 is 2.65 bits per heavy atom. The van der Waals surface area contributed by atoms with Crippen LogP contribution in [0.2, 0.25) is 5.02 Å². The lowest BCUT2D eigenvalue weighted by atomic mass is 10.2. The maximum absolute atomic E-state index is 12.5. The molecular weight excluding hydrogens is 274 g/mol. The van der Waals surface area contributed by atoms with Crippen molar-refractivity contribution < 1.29 is 9.59 Å². The van der Waals surface area contributed by atoms with E-state index in [1.54, 1.807) is 30.5 Å². The molecular formula is C16H10ClNO2. The van der Waals surface area contributed by atoms with Gasteiger partial charge < -0.3 is 0 Å². The SMILES string of the molecule is O=Cc1cn(C(=O)c2cccc(Cl)c2)c2ccccc12. The van der Waals surface area contributed by atoms with Gasteiger partial charge >= 0.3 is 0 Å². The minimum atomic E-state index is -0.211. The molecule has 0 saturated carbocycles. The van der Waals surface area contributed by atoms with Crippen LogP contribution in [0.1, 0.15) is 20.7 Å². The predicted octanol–water partition coefficient (Wildman–Crippen LogP) is 3.80. The Morgan fingerprint density at radius 2 is 1.90 bits per heavy atom. The van der Waals surface area contributed by atoms with Crippen molar-refractivity contribution in [3.8, 4) is 0 Å². The van der Waals surface area contributed by atoms with Gasteiger partial charge in [-0.2, -0.15) is 0 Å². The minimum Gasteiger partial charge on any atom is -0.298 e. The normalized spacial score (nSPS) is 10.7. The molecule has 2 aromatic carbocycles. The zero-order valence-electron chi connectivity index (χ0n) is 10.4. The molecule has 3 rings (SSSR count). The van der Waals surface area contributed by atoms with Crippen LogP contribution >= 0.6 is 11.6 Å². The first kappa shape index (κ1) is 12.6. The number of halogens is 1. The third-order valence-corrected chi connectivity index (χ3v) is 3.40. The van der Waals surface area contributed by atoms with E-state index in [1.807, 2.05) is 24.3 Å². The Hall–Kier alpha value is -2.39. The number of rotatable bonds is 2. The van der Waals surface area contributed by atoms with Crippen LogP contribution in [0.3, 0.4) is 0 Å². The molecule has 98 valence electrons. The summed E-state index contributed by atoms with van der Waals surface area (Å²) in [7, 11) is 0. The van der Waals surface area contributed by atoms with Gasteiger partial charge in [-0.25, -0.2) is 0 Å². The van der Waals surface area contributed by atoms with E-state index in [4.69, 9.17) is 11.6 Å². The van der Waals surface area contributed by atoms with Gasteiger partial charge in [0.05, 0.1) is 5.52 Å². The summed E-state index contributed by atoms with van der Waals surface area (Å²) in [6.07, 6.45) is 2.31. The molecule has 4 heteroatoms. The number of carbonyl (C=O) groups excluding carboxylic acids is 2. The molecule has 3 nitrogen and oxygen atoms in total. The molecule has 0 atom stereocenters. The second kappa shape index (κ2) is 4.94. The first-order chi connectivity index (χ1) is 9.70. The highest BCUT2D eigenvalue weighted by Gasteiger charge is 2.14. The van der Waals surface area contributed by atoms with Crippen LogP contribution < -0.4 is 0 Å². The molecule has 0 bridgehead atoms. The predicted molar refractivity (Wildman–Crippen MR) is 78.5 cm³/mol. The van der Waals surface area contributed by atoms with Crippen LogP contribution in [0, 0.1) is 0 Å². The summed E-state index contributed by atoms with van der Waals surface area (Å²) in [6, 6.07) is 14.0. The fourth-order valence-electron chi connectivity index (χ4n) is 2.23. The molecule has 0 aliphatic carbocycles. The summed E-state index contributed by atoms with van der Waals surface area (Å²) < 4.78 is 1.48. The molecule has 20 heavy (non-hydrogen) atoms. The van der Waals surface area contributed by atoms with Gasteiger partial charge in [-0.15, -0.1) is 0 Å². The van der Waals surface area contributed by atoms with E-state index in [-0.39, 0.29) is 5.91 Å². The molecule has 0 spiro atoms. The van der Waals surface area contributed by atoms with E-state index >= 15 is 0 Å². The Balaban J connectivity index is 2.19. The molecule has 0 aliphatic heterocycles. The number of nitrogens with zero attached hydrogens (tertiary/aromatic N) is 1. The first-order valence-corrected chi connectivity index (χ1v) is 6.44. The number of fused-ring (bicyclic) bond motifs is 1. The summed E-state index contributed by atoms with van der Waals surface area (Å²) in [6.45, 7) is 0. The maximum Gasteiger partial charge on any atom is 0.262 e. The Bertz CT molecular complexity index is 820. The Labute approximate surface area is 120 Å². The maximum atomic E-state index is 12.5. The zero-order valence-corrected chi connectivity index (χ0v) is 11.2. The van der Waals surface area contributed by atoms with Gasteiger partial charge in [-0.1, -0.05) is 35.9 Å². The fourth-order valence-corrected chi connectivity index (χ4v) is 2.42. The lowest BCUT2D eigenvalue weighted by Crippen LogP contribution is -2.10. The monoisotopic (exact) mass is 283 g/mol. The molecule has 0 unspecified atom stereocenters. The van der Waals surface area contributed by atoms with Crippen molar-refractivity contribution in [3.63, 3.8) is 0 Å². The molecule has 1 aromatic heterocycles. The number of hydrogen-bond donors (Lipinski definition) is 0. The highest BCUT2D eigenvalue weighted by atomic mass is 35.5. The van der Waals surface area contributed by atoms with Crippen molar-refractivity contribution in [2.24, 2.45) is 0 Å². The third-order valence-electron chi connectivity index (χ3n) is 3.16. The highest BCUT2D eigenvalue weighted by Crippen LogP contribution is 2.22. The van der Waals surface area contributed by atoms with Crippen LogP contribution in [-0.4, -0.2) is 16.8 Å². The van der Waals surface area contributed by atoms with Crippen LogP contribution in [0.25, 0.3) is 10.9 Å². The third kappa shape index (κ3) is 2.02. The van der Waals surface area contributed by atoms with Gasteiger partial charge in [0, 0.05) is 27.7 Å². The van der Waals surface area contributed by atoms with E-state index < -0.39 is 0 Å². The Morgan fingerprint density at radius 1 is 1.10 bits per heavy atom. The summed E-state index contributed by atoms with van der Waals surface area (Å²) >= 11 is 5.91. The van der Waals surface area contributed by atoms with Gasteiger partial charge in [0.2, 0.25) is 0 Å². The van der Waals surface area contributed by atoms with E-state index in [0.717, 1.165) is 11.7 Å². The summed E-state index contributed by atoms with van der Waals surface area (Å²) in [5.41, 5.74) is 1.69. The smallest absolute Gasteiger partial charge is 0.262 e. The van der Waals surface area contributed by atoms with Gasteiger partial charge in [-0.3, -0.25) is 14.2 Å². The second-order valence-corrected chi connectivity index (χ2v) is 4.84. The van der Waals surface area contributed by atoms with E-state index in [1.165, 1.54) is 4.57 Å². The average molecular weight is 284 g/mol. The summed E-state index contributed by atoms with van der Waals surface area (Å²) in [4.78, 5) is 23.6. The number of carbonyl (C=O) groups is 2. The van der Waals surface area contributed by atoms with E-state index in [9.17, 15) is 9.59 Å². The second-order valence-electron chi connectivity index (χ2n) is 4.40. The van der Waals surface area contributed by atoms with Crippen LogP contribution in [0.5, 0.6) is 0 Å². The number of aldehydes is 1. The average Bonchev–Trinajstić information content (AvgIpc) is 2.85. The Kier molecular flexibility index (Phi) is 3.12. The van der Waals surface area contributed by atoms with E-state index in [0.29, 0.717) is 21.7 Å². The van der Waals surface area contributed by atoms with Crippen LogP contribution in [0.4, 0.5) is 0 Å². The van der Waals surface area contributed by atoms with Crippen LogP contribution in [0.15, 0.2) is 54.7 Å². The molecule has 0 aliphatic rings. The van der Waals surface area contributed by atoms with Crippen molar-refractivity contribution in [2.75, 3.05) is 0 Å². The quantitative estimate of drug-likeness (QED) is 0.671. The summed E-state index contributed by atoms with van der Waals surface area (Å²) in [5, 5.41) is 1.26. The molecule has 3 aromatic rings. The van der Waals surface area contributed by atoms with Gasteiger partial charge in [-0.05, 0) is 24.3 Å². The molecule has 0 radical (unpaired) electrons. The number of para-hydroxylation sites is 1. The lowest BCUT2D eigenvalue weighted by Gasteiger charge is -2.04. The minimum absolute atomic E-state index is 0.211. The fraction of sp³-hybridized carbons (Fsp3) is 0. The molecule has 1 heterocycles. The molecule has 0 N–H and O–H groups in total. The van der Waals surface area contributed by atoms with Crippen molar-refractivity contribution in [3.05, 3.63) is 70.9 Å². The summed E-state index contributed by atoms with van der Waals surface area (Å²) in [5.74, 6) is -0.211. The number of hydrogen-bond acceptors (Lipinski definition) is 2. The lowest BCUT2D eigenvalue weighted by molar-refractivity contribution is 0.0965. The van der Waals surface area contributed by atoms with Crippen molar-refractivity contribution in [1.29, 1.82) is 0 Å².